The highest BCUT2D eigenvalue weighted by molar-refractivity contribution is 7.15. The normalized spacial score (nSPS) is 19.1. The van der Waals surface area contributed by atoms with Crippen LogP contribution in [-0.4, -0.2) is 46.9 Å². The lowest BCUT2D eigenvalue weighted by molar-refractivity contribution is -0.159. The van der Waals surface area contributed by atoms with Gasteiger partial charge in [0.1, 0.15) is 0 Å². The number of hydrogen-bond donors (Lipinski definition) is 1. The highest BCUT2D eigenvalue weighted by Crippen LogP contribution is 2.32. The molecule has 0 unspecified atom stereocenters. The van der Waals surface area contributed by atoms with Crippen LogP contribution in [0, 0.1) is 25.7 Å². The Morgan fingerprint density at radius 3 is 2.35 bits per heavy atom. The van der Waals surface area contributed by atoms with Gasteiger partial charge in [-0.1, -0.05) is 0 Å². The monoisotopic (exact) mass is 379 g/mol. The number of thiazole rings is 1. The summed E-state index contributed by atoms with van der Waals surface area (Å²) in [4.78, 5) is 43.7. The number of carbonyl (C=O) groups is 3. The van der Waals surface area contributed by atoms with Crippen molar-refractivity contribution in [3.8, 4) is 0 Å². The number of amides is 2. The highest BCUT2D eigenvalue weighted by Gasteiger charge is 2.36. The first kappa shape index (κ1) is 18.8. The van der Waals surface area contributed by atoms with E-state index in [1.807, 2.05) is 18.7 Å². The second kappa shape index (κ2) is 7.73. The number of nitrogens with one attached hydrogen (secondary N) is 1. The molecule has 1 N–H and O–H groups in total. The van der Waals surface area contributed by atoms with Gasteiger partial charge in [-0.3, -0.25) is 19.7 Å². The van der Waals surface area contributed by atoms with Crippen LogP contribution in [0.25, 0.3) is 0 Å². The molecular weight excluding hydrogens is 354 g/mol. The van der Waals surface area contributed by atoms with Crippen LogP contribution >= 0.6 is 11.3 Å². The summed E-state index contributed by atoms with van der Waals surface area (Å²) >= 11 is 1.40. The van der Waals surface area contributed by atoms with E-state index in [0.717, 1.165) is 23.4 Å². The minimum Gasteiger partial charge on any atom is -0.452 e. The van der Waals surface area contributed by atoms with Gasteiger partial charge in [0.2, 0.25) is 5.91 Å². The summed E-state index contributed by atoms with van der Waals surface area (Å²) in [5.41, 5.74) is 0.877. The summed E-state index contributed by atoms with van der Waals surface area (Å²) in [5, 5.41) is 3.21. The molecule has 2 amide bonds. The van der Waals surface area contributed by atoms with Crippen molar-refractivity contribution in [1.82, 2.24) is 9.88 Å². The molecule has 1 atom stereocenters. The van der Waals surface area contributed by atoms with Gasteiger partial charge in [0.15, 0.2) is 11.2 Å². The van der Waals surface area contributed by atoms with E-state index < -0.39 is 6.10 Å². The second-order valence-corrected chi connectivity index (χ2v) is 8.31. The Kier molecular flexibility index (Phi) is 5.60. The zero-order chi connectivity index (χ0) is 18.8. The summed E-state index contributed by atoms with van der Waals surface area (Å²) in [6, 6.07) is 0. The number of ether oxygens (including phenoxy) is 1. The van der Waals surface area contributed by atoms with Crippen LogP contribution in [0.3, 0.4) is 0 Å². The second-order valence-electron chi connectivity index (χ2n) is 7.10. The molecule has 3 rings (SSSR count). The van der Waals surface area contributed by atoms with E-state index in [0.29, 0.717) is 31.1 Å². The largest absolute Gasteiger partial charge is 0.452 e. The average Bonchev–Trinajstić information content (AvgIpc) is 3.41. The maximum Gasteiger partial charge on any atom is 0.309 e. The minimum atomic E-state index is -0.877. The number of rotatable bonds is 5. The smallest absolute Gasteiger partial charge is 0.309 e. The Labute approximate surface area is 157 Å². The number of esters is 1. The quantitative estimate of drug-likeness (QED) is 0.793. The zero-order valence-corrected chi connectivity index (χ0v) is 16.2. The molecular formula is C18H25N3O4S. The molecule has 0 spiro atoms. The third-order valence-electron chi connectivity index (χ3n) is 4.99. The Morgan fingerprint density at radius 1 is 1.15 bits per heavy atom. The summed E-state index contributed by atoms with van der Waals surface area (Å²) < 4.78 is 5.34. The van der Waals surface area contributed by atoms with E-state index in [-0.39, 0.29) is 29.6 Å². The van der Waals surface area contributed by atoms with Crippen molar-refractivity contribution in [3.05, 3.63) is 10.6 Å². The van der Waals surface area contributed by atoms with E-state index in [1.165, 1.54) is 11.3 Å². The maximum atomic E-state index is 12.3. The van der Waals surface area contributed by atoms with Crippen molar-refractivity contribution >= 4 is 34.3 Å². The van der Waals surface area contributed by atoms with Crippen molar-refractivity contribution in [2.75, 3.05) is 18.4 Å². The molecule has 0 radical (unpaired) electrons. The van der Waals surface area contributed by atoms with Crippen LogP contribution in [0.5, 0.6) is 0 Å². The van der Waals surface area contributed by atoms with Crippen molar-refractivity contribution in [1.29, 1.82) is 0 Å². The Bertz CT molecular complexity index is 686. The molecule has 0 aromatic carbocycles. The lowest BCUT2D eigenvalue weighted by atomic mass is 9.96. The van der Waals surface area contributed by atoms with E-state index in [2.05, 4.69) is 10.3 Å². The van der Waals surface area contributed by atoms with Crippen LogP contribution in [0.4, 0.5) is 5.13 Å². The molecule has 1 saturated carbocycles. The Hall–Kier alpha value is -1.96. The molecule has 1 saturated heterocycles. The Morgan fingerprint density at radius 2 is 1.81 bits per heavy atom. The number of likely N-dealkylation sites (tertiary alicyclic amines) is 1. The molecule has 26 heavy (non-hydrogen) atoms. The molecule has 2 aliphatic rings. The molecule has 1 aromatic heterocycles. The van der Waals surface area contributed by atoms with Crippen LogP contribution in [0.2, 0.25) is 0 Å². The van der Waals surface area contributed by atoms with Gasteiger partial charge in [-0.2, -0.15) is 0 Å². The number of anilines is 1. The van der Waals surface area contributed by atoms with Crippen LogP contribution in [0.15, 0.2) is 0 Å². The number of nitrogens with zero attached hydrogens (tertiary/aromatic N) is 2. The number of aryl methyl sites for hydroxylation is 2. The zero-order valence-electron chi connectivity index (χ0n) is 15.4. The molecule has 2 heterocycles. The third kappa shape index (κ3) is 4.41. The maximum absolute atomic E-state index is 12.3. The predicted molar refractivity (Wildman–Crippen MR) is 97.8 cm³/mol. The van der Waals surface area contributed by atoms with E-state index >= 15 is 0 Å². The third-order valence-corrected chi connectivity index (χ3v) is 5.98. The van der Waals surface area contributed by atoms with Gasteiger partial charge >= 0.3 is 5.97 Å². The standard InChI is InChI=1S/C18H25N3O4S/c1-10-12(3)26-18(19-10)20-15(22)11(2)25-17(24)14-6-8-21(9-7-14)16(23)13-4-5-13/h11,13-14H,4-9H2,1-3H3,(H,19,20,22)/t11-/m0/s1. The molecule has 2 fully saturated rings. The first-order valence-corrected chi connectivity index (χ1v) is 9.91. The Balaban J connectivity index is 1.45. The van der Waals surface area contributed by atoms with Crippen molar-refractivity contribution in [2.45, 2.75) is 52.6 Å². The molecule has 0 bridgehead atoms. The van der Waals surface area contributed by atoms with E-state index in [1.54, 1.807) is 6.92 Å². The summed E-state index contributed by atoms with van der Waals surface area (Å²) in [7, 11) is 0. The first-order valence-electron chi connectivity index (χ1n) is 9.09. The van der Waals surface area contributed by atoms with Crippen LogP contribution in [-0.2, 0) is 19.1 Å². The van der Waals surface area contributed by atoms with Crippen molar-refractivity contribution in [3.63, 3.8) is 0 Å². The van der Waals surface area contributed by atoms with Gasteiger partial charge < -0.3 is 9.64 Å². The predicted octanol–water partition coefficient (Wildman–Crippen LogP) is 2.28. The first-order chi connectivity index (χ1) is 12.3. The van der Waals surface area contributed by atoms with Gasteiger partial charge in [-0.05, 0) is 46.5 Å². The summed E-state index contributed by atoms with van der Waals surface area (Å²) in [6.45, 7) is 6.56. The highest BCUT2D eigenvalue weighted by atomic mass is 32.1. The minimum absolute atomic E-state index is 0.209. The molecule has 1 aliphatic carbocycles. The number of aromatic nitrogens is 1. The van der Waals surface area contributed by atoms with Gasteiger partial charge in [0, 0.05) is 23.9 Å². The average molecular weight is 379 g/mol. The number of piperidine rings is 1. The molecule has 7 nitrogen and oxygen atoms in total. The lowest BCUT2D eigenvalue weighted by Crippen LogP contribution is -2.42. The number of hydrogen-bond acceptors (Lipinski definition) is 6. The van der Waals surface area contributed by atoms with Gasteiger partial charge in [0.25, 0.3) is 5.91 Å². The van der Waals surface area contributed by atoms with Gasteiger partial charge in [-0.25, -0.2) is 4.98 Å². The molecule has 8 heteroatoms. The topological polar surface area (TPSA) is 88.6 Å². The van der Waals surface area contributed by atoms with Crippen LogP contribution in [0.1, 0.15) is 43.2 Å². The molecule has 1 aliphatic heterocycles. The van der Waals surface area contributed by atoms with E-state index in [4.69, 9.17) is 4.74 Å². The van der Waals surface area contributed by atoms with E-state index in [9.17, 15) is 14.4 Å². The fourth-order valence-electron chi connectivity index (χ4n) is 2.98. The SMILES string of the molecule is Cc1nc(NC(=O)[C@H](C)OC(=O)C2CCN(C(=O)C3CC3)CC2)sc1C. The van der Waals surface area contributed by atoms with Gasteiger partial charge in [0.05, 0.1) is 11.6 Å². The van der Waals surface area contributed by atoms with Gasteiger partial charge in [-0.15, -0.1) is 11.3 Å². The lowest BCUT2D eigenvalue weighted by Gasteiger charge is -2.31. The fraction of sp³-hybridized carbons (Fsp3) is 0.667. The molecule has 142 valence electrons. The van der Waals surface area contributed by atoms with Crippen molar-refractivity contribution in [2.24, 2.45) is 11.8 Å². The number of carbonyl (C=O) groups excluding carboxylic acids is 3. The fourth-order valence-corrected chi connectivity index (χ4v) is 3.80. The van der Waals surface area contributed by atoms with Crippen LogP contribution < -0.4 is 5.32 Å². The summed E-state index contributed by atoms with van der Waals surface area (Å²) in [5.74, 6) is -0.567. The molecule has 1 aromatic rings. The summed E-state index contributed by atoms with van der Waals surface area (Å²) in [6.07, 6.45) is 2.29. The van der Waals surface area contributed by atoms with Crippen molar-refractivity contribution < 1.29 is 19.1 Å².